The van der Waals surface area contributed by atoms with Gasteiger partial charge in [0.2, 0.25) is 0 Å². The molecule has 1 unspecified atom stereocenters. The van der Waals surface area contributed by atoms with Crippen LogP contribution in [0, 0.1) is 12.7 Å². The van der Waals surface area contributed by atoms with E-state index in [1.165, 1.54) is 0 Å². The lowest BCUT2D eigenvalue weighted by molar-refractivity contribution is -0.0553. The number of halogens is 1. The third-order valence-corrected chi connectivity index (χ3v) is 3.24. The van der Waals surface area contributed by atoms with Crippen LogP contribution >= 0.6 is 0 Å². The van der Waals surface area contributed by atoms with Gasteiger partial charge in [0.25, 0.3) is 0 Å². The van der Waals surface area contributed by atoms with Gasteiger partial charge >= 0.3 is 0 Å². The minimum Gasteiger partial charge on any atom is -0.382 e. The molecule has 1 aromatic rings. The molecule has 3 heteroatoms. The van der Waals surface area contributed by atoms with Gasteiger partial charge in [-0.2, -0.15) is 0 Å². The van der Waals surface area contributed by atoms with Crippen molar-refractivity contribution in [3.63, 3.8) is 0 Å². The van der Waals surface area contributed by atoms with E-state index in [0.29, 0.717) is 11.6 Å². The summed E-state index contributed by atoms with van der Waals surface area (Å²) in [4.78, 5) is 0. The lowest BCUT2D eigenvalue weighted by Gasteiger charge is -2.36. The van der Waals surface area contributed by atoms with E-state index in [2.05, 4.69) is 19.2 Å². The lowest BCUT2D eigenvalue weighted by Crippen LogP contribution is -2.40. The van der Waals surface area contributed by atoms with Crippen molar-refractivity contribution in [1.82, 2.24) is 0 Å². The zero-order chi connectivity index (χ0) is 12.5. The van der Waals surface area contributed by atoms with Crippen LogP contribution in [0.1, 0.15) is 32.3 Å². The van der Waals surface area contributed by atoms with Gasteiger partial charge in [-0.25, -0.2) is 4.39 Å². The Bertz CT molecular complexity index is 403. The molecule has 1 aliphatic rings. The standard InChI is InChI=1S/C14H20FNO/c1-10-4-5-11(8-13(10)15)16-12-6-7-17-14(2,3)9-12/h4-5,8,12,16H,6-7,9H2,1-3H3. The molecular weight excluding hydrogens is 217 g/mol. The van der Waals surface area contributed by atoms with Crippen LogP contribution in [0.5, 0.6) is 0 Å². The molecule has 2 nitrogen and oxygen atoms in total. The number of benzene rings is 1. The second kappa shape index (κ2) is 4.65. The van der Waals surface area contributed by atoms with Crippen molar-refractivity contribution in [2.75, 3.05) is 11.9 Å². The van der Waals surface area contributed by atoms with Gasteiger partial charge in [0.05, 0.1) is 5.60 Å². The molecule has 0 spiro atoms. The van der Waals surface area contributed by atoms with E-state index in [-0.39, 0.29) is 11.4 Å². The third-order valence-electron chi connectivity index (χ3n) is 3.24. The Morgan fingerprint density at radius 3 is 2.82 bits per heavy atom. The van der Waals surface area contributed by atoms with Crippen molar-refractivity contribution in [1.29, 1.82) is 0 Å². The maximum Gasteiger partial charge on any atom is 0.128 e. The van der Waals surface area contributed by atoms with Gasteiger partial charge in [0, 0.05) is 18.3 Å². The van der Waals surface area contributed by atoms with Crippen molar-refractivity contribution in [2.24, 2.45) is 0 Å². The summed E-state index contributed by atoms with van der Waals surface area (Å²) in [5.74, 6) is -0.152. The molecule has 0 aliphatic carbocycles. The Morgan fingerprint density at radius 1 is 1.41 bits per heavy atom. The summed E-state index contributed by atoms with van der Waals surface area (Å²) in [5.41, 5.74) is 1.46. The van der Waals surface area contributed by atoms with Crippen molar-refractivity contribution in [3.8, 4) is 0 Å². The third kappa shape index (κ3) is 3.19. The van der Waals surface area contributed by atoms with Gasteiger partial charge in [0.1, 0.15) is 5.82 Å². The zero-order valence-corrected chi connectivity index (χ0v) is 10.7. The number of hydrogen-bond donors (Lipinski definition) is 1. The van der Waals surface area contributed by atoms with Crippen LogP contribution < -0.4 is 5.32 Å². The molecule has 2 rings (SSSR count). The summed E-state index contributed by atoms with van der Waals surface area (Å²) in [7, 11) is 0. The van der Waals surface area contributed by atoms with Gasteiger partial charge in [0.15, 0.2) is 0 Å². The van der Waals surface area contributed by atoms with Crippen LogP contribution in [0.25, 0.3) is 0 Å². The normalized spacial score (nSPS) is 23.4. The van der Waals surface area contributed by atoms with Crippen LogP contribution in [0.15, 0.2) is 18.2 Å². The first-order valence-electron chi connectivity index (χ1n) is 6.13. The van der Waals surface area contributed by atoms with Gasteiger partial charge in [-0.05, 0) is 51.3 Å². The Kier molecular flexibility index (Phi) is 3.38. The Labute approximate surface area is 102 Å². The van der Waals surface area contributed by atoms with Gasteiger partial charge in [-0.3, -0.25) is 0 Å². The molecular formula is C14H20FNO. The smallest absolute Gasteiger partial charge is 0.128 e. The van der Waals surface area contributed by atoms with E-state index >= 15 is 0 Å². The average molecular weight is 237 g/mol. The quantitative estimate of drug-likeness (QED) is 0.850. The average Bonchev–Trinajstić information content (AvgIpc) is 2.22. The predicted octanol–water partition coefficient (Wildman–Crippen LogP) is 3.50. The second-order valence-corrected chi connectivity index (χ2v) is 5.41. The molecule has 17 heavy (non-hydrogen) atoms. The SMILES string of the molecule is Cc1ccc(NC2CCOC(C)(C)C2)cc1F. The fraction of sp³-hybridized carbons (Fsp3) is 0.571. The highest BCUT2D eigenvalue weighted by Gasteiger charge is 2.28. The summed E-state index contributed by atoms with van der Waals surface area (Å²) < 4.78 is 19.1. The summed E-state index contributed by atoms with van der Waals surface area (Å²) in [5, 5.41) is 3.38. The maximum atomic E-state index is 13.4. The Hall–Kier alpha value is -1.09. The van der Waals surface area contributed by atoms with E-state index in [9.17, 15) is 4.39 Å². The summed E-state index contributed by atoms with van der Waals surface area (Å²) >= 11 is 0. The molecule has 1 aliphatic heterocycles. The van der Waals surface area contributed by atoms with Crippen molar-refractivity contribution in [3.05, 3.63) is 29.6 Å². The lowest BCUT2D eigenvalue weighted by atomic mass is 9.94. The highest BCUT2D eigenvalue weighted by Crippen LogP contribution is 2.26. The monoisotopic (exact) mass is 237 g/mol. The number of aryl methyl sites for hydroxylation is 1. The molecule has 1 saturated heterocycles. The Morgan fingerprint density at radius 2 is 2.18 bits per heavy atom. The van der Waals surface area contributed by atoms with E-state index in [1.54, 1.807) is 13.0 Å². The number of ether oxygens (including phenoxy) is 1. The first kappa shape index (κ1) is 12.4. The summed E-state index contributed by atoms with van der Waals surface area (Å²) in [6, 6.07) is 5.67. The molecule has 1 N–H and O–H groups in total. The summed E-state index contributed by atoms with van der Waals surface area (Å²) in [6.07, 6.45) is 1.92. The van der Waals surface area contributed by atoms with Gasteiger partial charge < -0.3 is 10.1 Å². The minimum atomic E-state index is -0.152. The zero-order valence-electron chi connectivity index (χ0n) is 10.7. The van der Waals surface area contributed by atoms with E-state index < -0.39 is 0 Å². The van der Waals surface area contributed by atoms with Gasteiger partial charge in [-0.1, -0.05) is 6.07 Å². The molecule has 1 aromatic carbocycles. The molecule has 0 radical (unpaired) electrons. The first-order valence-corrected chi connectivity index (χ1v) is 6.13. The largest absolute Gasteiger partial charge is 0.382 e. The molecule has 0 amide bonds. The second-order valence-electron chi connectivity index (χ2n) is 5.41. The molecule has 0 bridgehead atoms. The fourth-order valence-corrected chi connectivity index (χ4v) is 2.27. The number of rotatable bonds is 2. The van der Waals surface area contributed by atoms with Crippen LogP contribution in [-0.4, -0.2) is 18.2 Å². The summed E-state index contributed by atoms with van der Waals surface area (Å²) in [6.45, 7) is 6.73. The highest BCUT2D eigenvalue weighted by atomic mass is 19.1. The molecule has 0 saturated carbocycles. The number of hydrogen-bond acceptors (Lipinski definition) is 2. The minimum absolute atomic E-state index is 0.0842. The maximum absolute atomic E-state index is 13.4. The molecule has 94 valence electrons. The fourth-order valence-electron chi connectivity index (χ4n) is 2.27. The van der Waals surface area contributed by atoms with Crippen LogP contribution in [0.4, 0.5) is 10.1 Å². The van der Waals surface area contributed by atoms with Crippen LogP contribution in [0.3, 0.4) is 0 Å². The van der Waals surface area contributed by atoms with Crippen LogP contribution in [0.2, 0.25) is 0 Å². The molecule has 1 heterocycles. The number of anilines is 1. The van der Waals surface area contributed by atoms with Crippen molar-refractivity contribution >= 4 is 5.69 Å². The molecule has 1 fully saturated rings. The highest BCUT2D eigenvalue weighted by molar-refractivity contribution is 5.46. The van der Waals surface area contributed by atoms with E-state index in [1.807, 2.05) is 12.1 Å². The van der Waals surface area contributed by atoms with E-state index in [0.717, 1.165) is 25.1 Å². The number of nitrogens with one attached hydrogen (secondary N) is 1. The molecule has 1 atom stereocenters. The topological polar surface area (TPSA) is 21.3 Å². The predicted molar refractivity (Wildman–Crippen MR) is 67.8 cm³/mol. The van der Waals surface area contributed by atoms with Crippen molar-refractivity contribution in [2.45, 2.75) is 45.3 Å². The molecule has 0 aromatic heterocycles. The Balaban J connectivity index is 2.03. The van der Waals surface area contributed by atoms with Gasteiger partial charge in [-0.15, -0.1) is 0 Å². The first-order chi connectivity index (χ1) is 7.96. The van der Waals surface area contributed by atoms with E-state index in [4.69, 9.17) is 4.74 Å². The van der Waals surface area contributed by atoms with Crippen molar-refractivity contribution < 1.29 is 9.13 Å². The van der Waals surface area contributed by atoms with Crippen LogP contribution in [-0.2, 0) is 4.74 Å².